The lowest BCUT2D eigenvalue weighted by molar-refractivity contribution is -0.142. The average Bonchev–Trinajstić information content (AvgIpc) is 3.22. The zero-order valence-corrected chi connectivity index (χ0v) is 21.2. The van der Waals surface area contributed by atoms with Crippen molar-refractivity contribution in [2.75, 3.05) is 23.0 Å². The summed E-state index contributed by atoms with van der Waals surface area (Å²) in [5, 5.41) is 9.73. The molecule has 2 aromatic heterocycles. The Labute approximate surface area is 204 Å². The van der Waals surface area contributed by atoms with Gasteiger partial charge in [-0.15, -0.1) is 0 Å². The molecule has 4 rings (SSSR count). The van der Waals surface area contributed by atoms with Crippen LogP contribution in [-0.4, -0.2) is 69.8 Å². The summed E-state index contributed by atoms with van der Waals surface area (Å²) in [4.78, 5) is 22.0. The predicted octanol–water partition coefficient (Wildman–Crippen LogP) is 2.63. The van der Waals surface area contributed by atoms with Crippen LogP contribution in [0.5, 0.6) is 0 Å². The van der Waals surface area contributed by atoms with E-state index in [0.717, 1.165) is 25.0 Å². The molecule has 4 heterocycles. The largest absolute Gasteiger partial charge is 0.459 e. The van der Waals surface area contributed by atoms with E-state index < -0.39 is 21.8 Å². The summed E-state index contributed by atoms with van der Waals surface area (Å²) in [7, 11) is -1.47. The number of hydrogen-bond donors (Lipinski definition) is 2. The number of nitrogens with zero attached hydrogens (tertiary/aromatic N) is 5. The Morgan fingerprint density at radius 3 is 2.57 bits per heavy atom. The second-order valence-corrected chi connectivity index (χ2v) is 11.3. The minimum Gasteiger partial charge on any atom is -0.459 e. The number of rotatable bonds is 8. The van der Waals surface area contributed by atoms with Gasteiger partial charge in [0.25, 0.3) is 0 Å². The minimum atomic E-state index is -3.30. The third kappa shape index (κ3) is 5.40. The second-order valence-electron chi connectivity index (χ2n) is 9.18. The van der Waals surface area contributed by atoms with Crippen molar-refractivity contribution in [1.82, 2.24) is 24.5 Å². The molecule has 2 aromatic rings. The molecule has 2 bridgehead atoms. The van der Waals surface area contributed by atoms with Crippen molar-refractivity contribution >= 4 is 33.6 Å². The van der Waals surface area contributed by atoms with E-state index in [1.165, 1.54) is 6.92 Å². The van der Waals surface area contributed by atoms with E-state index in [9.17, 15) is 13.2 Å². The summed E-state index contributed by atoms with van der Waals surface area (Å²) in [6.45, 7) is 4.41. The van der Waals surface area contributed by atoms with E-state index >= 15 is 4.39 Å². The van der Waals surface area contributed by atoms with Crippen molar-refractivity contribution in [3.8, 4) is 0 Å². The highest BCUT2D eigenvalue weighted by Gasteiger charge is 2.45. The number of halogens is 1. The van der Waals surface area contributed by atoms with Crippen LogP contribution in [0.2, 0.25) is 0 Å². The summed E-state index contributed by atoms with van der Waals surface area (Å²) in [5.74, 6) is -0.625. The highest BCUT2D eigenvalue weighted by Crippen LogP contribution is 2.38. The molecule has 2 fully saturated rings. The molecule has 0 amide bonds. The van der Waals surface area contributed by atoms with E-state index in [0.29, 0.717) is 18.7 Å². The van der Waals surface area contributed by atoms with Crippen LogP contribution in [0.25, 0.3) is 0 Å². The van der Waals surface area contributed by atoms with Crippen LogP contribution in [0.1, 0.15) is 57.3 Å². The summed E-state index contributed by atoms with van der Waals surface area (Å²) >= 11 is 0. The first-order valence-electron chi connectivity index (χ1n) is 11.8. The van der Waals surface area contributed by atoms with Crippen molar-refractivity contribution in [3.63, 3.8) is 0 Å². The quantitative estimate of drug-likeness (QED) is 0.515. The van der Waals surface area contributed by atoms with Gasteiger partial charge in [-0.25, -0.2) is 17.8 Å². The lowest BCUT2D eigenvalue weighted by atomic mass is 9.83. The van der Waals surface area contributed by atoms with Gasteiger partial charge in [0.15, 0.2) is 17.5 Å². The SMILES string of the molecule is CCS(=O)(=O)N1[C@@H]2CCC[C@H]1C[C@H](N(C)c1nc(COC(C)=O)c(F)c(Nc3cc(C)[nH]n3)n1)C2. The van der Waals surface area contributed by atoms with Gasteiger partial charge in [-0.2, -0.15) is 14.4 Å². The molecule has 35 heavy (non-hydrogen) atoms. The first kappa shape index (κ1) is 25.3. The normalized spacial score (nSPS) is 22.6. The van der Waals surface area contributed by atoms with Crippen LogP contribution in [0.4, 0.5) is 22.0 Å². The van der Waals surface area contributed by atoms with Crippen molar-refractivity contribution in [3.05, 3.63) is 23.3 Å². The Balaban J connectivity index is 1.63. The first-order valence-corrected chi connectivity index (χ1v) is 13.4. The Bertz CT molecular complexity index is 1170. The number of fused-ring (bicyclic) bond motifs is 2. The first-order chi connectivity index (χ1) is 16.6. The van der Waals surface area contributed by atoms with Gasteiger partial charge in [0.05, 0.1) is 5.75 Å². The van der Waals surface area contributed by atoms with Gasteiger partial charge in [-0.05, 0) is 39.5 Å². The Morgan fingerprint density at radius 2 is 2.00 bits per heavy atom. The van der Waals surface area contributed by atoms with Crippen LogP contribution in [-0.2, 0) is 26.2 Å². The number of anilines is 3. The Morgan fingerprint density at radius 1 is 1.31 bits per heavy atom. The van der Waals surface area contributed by atoms with Gasteiger partial charge in [0.2, 0.25) is 16.0 Å². The second kappa shape index (κ2) is 10.1. The number of ether oxygens (including phenoxy) is 1. The Kier molecular flexibility index (Phi) is 7.27. The van der Waals surface area contributed by atoms with Crippen LogP contribution in [0, 0.1) is 12.7 Å². The van der Waals surface area contributed by atoms with Gasteiger partial charge in [0, 0.05) is 43.9 Å². The fraction of sp³-hybridized carbons (Fsp3) is 0.636. The van der Waals surface area contributed by atoms with Crippen LogP contribution in [0.3, 0.4) is 0 Å². The fourth-order valence-electron chi connectivity index (χ4n) is 4.98. The number of carbonyl (C=O) groups excluding carboxylic acids is 1. The molecule has 2 saturated heterocycles. The molecule has 3 atom stereocenters. The smallest absolute Gasteiger partial charge is 0.303 e. The molecule has 0 saturated carbocycles. The number of aromatic amines is 1. The van der Waals surface area contributed by atoms with Gasteiger partial charge in [0.1, 0.15) is 12.3 Å². The maximum atomic E-state index is 15.2. The molecular weight excluding hydrogens is 477 g/mol. The Hall–Kier alpha value is -2.80. The molecule has 13 heteroatoms. The van der Waals surface area contributed by atoms with Gasteiger partial charge >= 0.3 is 5.97 Å². The van der Waals surface area contributed by atoms with Crippen LogP contribution >= 0.6 is 0 Å². The lowest BCUT2D eigenvalue weighted by Crippen LogP contribution is -2.58. The highest BCUT2D eigenvalue weighted by atomic mass is 32.2. The third-order valence-corrected chi connectivity index (χ3v) is 8.67. The van der Waals surface area contributed by atoms with E-state index in [1.807, 2.05) is 18.9 Å². The number of H-pyrrole nitrogens is 1. The molecule has 192 valence electrons. The summed E-state index contributed by atoms with van der Waals surface area (Å²) < 4.78 is 47.4. The van der Waals surface area contributed by atoms with Crippen molar-refractivity contribution in [2.24, 2.45) is 0 Å². The number of aromatic nitrogens is 4. The van der Waals surface area contributed by atoms with Gasteiger partial charge in [-0.1, -0.05) is 6.42 Å². The molecule has 11 nitrogen and oxygen atoms in total. The van der Waals surface area contributed by atoms with E-state index in [4.69, 9.17) is 4.74 Å². The van der Waals surface area contributed by atoms with E-state index in [-0.39, 0.29) is 47.9 Å². The number of hydrogen-bond acceptors (Lipinski definition) is 9. The summed E-state index contributed by atoms with van der Waals surface area (Å²) in [5.41, 5.74) is 0.734. The molecular formula is C22H32FN7O4S. The van der Waals surface area contributed by atoms with E-state index in [2.05, 4.69) is 25.5 Å². The number of carbonyl (C=O) groups is 1. The summed E-state index contributed by atoms with van der Waals surface area (Å²) in [6, 6.07) is 1.53. The molecule has 0 spiro atoms. The maximum absolute atomic E-state index is 15.2. The predicted molar refractivity (Wildman–Crippen MR) is 128 cm³/mol. The standard InChI is InChI=1S/C22H32FN7O4S/c1-5-35(32,33)30-15-7-6-8-16(30)11-17(10-15)29(4)22-24-18(12-34-14(3)31)20(23)21(26-22)25-19-9-13(2)27-28-19/h9,15-17H,5-8,10-12H2,1-4H3,(H2,24,25,26,27,28)/t15-,16+,17-. The molecule has 0 aromatic carbocycles. The number of nitrogens with one attached hydrogen (secondary N) is 2. The van der Waals surface area contributed by atoms with Crippen molar-refractivity contribution < 1.29 is 22.3 Å². The van der Waals surface area contributed by atoms with Gasteiger partial charge in [-0.3, -0.25) is 9.89 Å². The van der Waals surface area contributed by atoms with Gasteiger partial charge < -0.3 is 15.0 Å². The van der Waals surface area contributed by atoms with Crippen LogP contribution < -0.4 is 10.2 Å². The van der Waals surface area contributed by atoms with Crippen LogP contribution in [0.15, 0.2) is 6.07 Å². The molecule has 0 unspecified atom stereocenters. The van der Waals surface area contributed by atoms with E-state index in [1.54, 1.807) is 17.3 Å². The fourth-order valence-corrected chi connectivity index (χ4v) is 6.57. The zero-order chi connectivity index (χ0) is 25.3. The molecule has 2 aliphatic rings. The number of sulfonamides is 1. The number of aryl methyl sites for hydroxylation is 1. The molecule has 0 radical (unpaired) electrons. The molecule has 0 aliphatic carbocycles. The topological polar surface area (TPSA) is 133 Å². The average molecular weight is 510 g/mol. The maximum Gasteiger partial charge on any atom is 0.303 e. The lowest BCUT2D eigenvalue weighted by Gasteiger charge is -2.49. The summed E-state index contributed by atoms with van der Waals surface area (Å²) in [6.07, 6.45) is 3.89. The van der Waals surface area contributed by atoms with Crippen molar-refractivity contribution in [1.29, 1.82) is 0 Å². The monoisotopic (exact) mass is 509 g/mol. The highest BCUT2D eigenvalue weighted by molar-refractivity contribution is 7.89. The number of piperidine rings is 2. The minimum absolute atomic E-state index is 0.0267. The van der Waals surface area contributed by atoms with Crippen molar-refractivity contribution in [2.45, 2.75) is 77.6 Å². The third-order valence-electron chi connectivity index (χ3n) is 6.70. The molecule has 2 N–H and O–H groups in total. The number of esters is 1. The molecule has 2 aliphatic heterocycles. The zero-order valence-electron chi connectivity index (χ0n) is 20.4.